The summed E-state index contributed by atoms with van der Waals surface area (Å²) in [4.78, 5) is 15.9. The highest BCUT2D eigenvalue weighted by Gasteiger charge is 2.10. The minimum absolute atomic E-state index is 0.280. The molecular weight excluding hydrogens is 370 g/mol. The summed E-state index contributed by atoms with van der Waals surface area (Å²) in [7, 11) is 2.04. The fourth-order valence-corrected chi connectivity index (χ4v) is 3.75. The first kappa shape index (κ1) is 20.4. The van der Waals surface area contributed by atoms with Crippen molar-refractivity contribution in [2.24, 2.45) is 0 Å². The van der Waals surface area contributed by atoms with Crippen molar-refractivity contribution >= 4 is 23.0 Å². The van der Waals surface area contributed by atoms with E-state index >= 15 is 0 Å². The Bertz CT molecular complexity index is 904. The first-order valence-corrected chi connectivity index (χ1v) is 10.3. The van der Waals surface area contributed by atoms with Crippen molar-refractivity contribution in [2.45, 2.75) is 39.8 Å². The Morgan fingerprint density at radius 3 is 2.64 bits per heavy atom. The van der Waals surface area contributed by atoms with Gasteiger partial charge in [0.1, 0.15) is 10.7 Å². The van der Waals surface area contributed by atoms with Crippen LogP contribution in [0.25, 0.3) is 10.7 Å². The van der Waals surface area contributed by atoms with E-state index in [-0.39, 0.29) is 6.10 Å². The highest BCUT2D eigenvalue weighted by atomic mass is 32.1. The van der Waals surface area contributed by atoms with Gasteiger partial charge in [0.25, 0.3) is 0 Å². The summed E-state index contributed by atoms with van der Waals surface area (Å²) in [6.45, 7) is 7.55. The molecule has 6 nitrogen and oxygen atoms in total. The van der Waals surface area contributed by atoms with Crippen LogP contribution in [0.1, 0.15) is 30.2 Å². The van der Waals surface area contributed by atoms with Crippen LogP contribution in [0.15, 0.2) is 35.8 Å². The quantitative estimate of drug-likeness (QED) is 0.594. The Morgan fingerprint density at radius 1 is 1.18 bits per heavy atom. The normalized spacial score (nSPS) is 12.4. The predicted molar refractivity (Wildman–Crippen MR) is 115 cm³/mol. The van der Waals surface area contributed by atoms with Gasteiger partial charge in [-0.25, -0.2) is 15.0 Å². The number of benzene rings is 1. The summed E-state index contributed by atoms with van der Waals surface area (Å²) in [5.74, 6) is 0.563. The van der Waals surface area contributed by atoms with Crippen molar-refractivity contribution in [3.05, 3.63) is 52.7 Å². The van der Waals surface area contributed by atoms with E-state index in [2.05, 4.69) is 57.6 Å². The van der Waals surface area contributed by atoms with Crippen LogP contribution in [0.2, 0.25) is 0 Å². The lowest BCUT2D eigenvalue weighted by Crippen LogP contribution is -2.22. The molecule has 3 rings (SSSR count). The van der Waals surface area contributed by atoms with Gasteiger partial charge in [-0.3, -0.25) is 0 Å². The van der Waals surface area contributed by atoms with Crippen LogP contribution in [0.3, 0.4) is 0 Å². The Hall–Kier alpha value is -2.35. The standard InChI is InChI=1S/C21H27N5OS/c1-14-9-15(2)11-17(10-14)24-21-22-7-5-19(25-21)20-23-18(13-28-20)12-26(4)8-6-16(3)27/h5,7,9-11,13,16,27H,6,8,12H2,1-4H3,(H,22,24,25). The minimum atomic E-state index is -0.280. The minimum Gasteiger partial charge on any atom is -0.393 e. The lowest BCUT2D eigenvalue weighted by molar-refractivity contribution is 0.162. The number of hydrogen-bond donors (Lipinski definition) is 2. The van der Waals surface area contributed by atoms with E-state index in [1.54, 1.807) is 17.5 Å². The number of aromatic nitrogens is 3. The predicted octanol–water partition coefficient (Wildman–Crippen LogP) is 4.16. The third kappa shape index (κ3) is 5.82. The molecule has 0 radical (unpaired) electrons. The molecule has 0 aliphatic heterocycles. The molecule has 7 heteroatoms. The largest absolute Gasteiger partial charge is 0.393 e. The van der Waals surface area contributed by atoms with Crippen molar-refractivity contribution in [3.8, 4) is 10.7 Å². The highest BCUT2D eigenvalue weighted by molar-refractivity contribution is 7.13. The average molecular weight is 398 g/mol. The summed E-state index contributed by atoms with van der Waals surface area (Å²) in [5.41, 5.74) is 5.19. The zero-order valence-corrected chi connectivity index (χ0v) is 17.6. The van der Waals surface area contributed by atoms with Crippen LogP contribution in [-0.2, 0) is 6.54 Å². The molecule has 1 unspecified atom stereocenters. The Kier molecular flexibility index (Phi) is 6.72. The van der Waals surface area contributed by atoms with Gasteiger partial charge in [0.2, 0.25) is 5.95 Å². The molecule has 0 aliphatic rings. The topological polar surface area (TPSA) is 74.2 Å². The lowest BCUT2D eigenvalue weighted by atomic mass is 10.1. The Balaban J connectivity index is 1.69. The number of aliphatic hydroxyl groups is 1. The molecule has 0 aliphatic carbocycles. The van der Waals surface area contributed by atoms with Gasteiger partial charge in [0.05, 0.1) is 11.8 Å². The fraction of sp³-hybridized carbons (Fsp3) is 0.381. The van der Waals surface area contributed by atoms with Gasteiger partial charge in [-0.2, -0.15) is 0 Å². The SMILES string of the molecule is Cc1cc(C)cc(Nc2nccc(-c3nc(CN(C)CCC(C)O)cs3)n2)c1. The van der Waals surface area contributed by atoms with Gasteiger partial charge in [-0.05, 0) is 63.6 Å². The molecule has 2 aromatic heterocycles. The zero-order valence-electron chi connectivity index (χ0n) is 16.8. The average Bonchev–Trinajstić information content (AvgIpc) is 3.08. The number of anilines is 2. The van der Waals surface area contributed by atoms with Crippen molar-refractivity contribution in [1.29, 1.82) is 0 Å². The molecule has 3 aromatic rings. The molecule has 28 heavy (non-hydrogen) atoms. The second kappa shape index (κ2) is 9.23. The molecule has 0 saturated heterocycles. The summed E-state index contributed by atoms with van der Waals surface area (Å²) in [5, 5.41) is 15.6. The third-order valence-electron chi connectivity index (χ3n) is 4.26. The molecule has 1 aromatic carbocycles. The molecule has 0 bridgehead atoms. The Labute approximate surface area is 170 Å². The highest BCUT2D eigenvalue weighted by Crippen LogP contribution is 2.24. The number of hydrogen-bond acceptors (Lipinski definition) is 7. The second-order valence-corrected chi connectivity index (χ2v) is 8.14. The molecule has 0 saturated carbocycles. The second-order valence-electron chi connectivity index (χ2n) is 7.29. The molecule has 2 N–H and O–H groups in total. The van der Waals surface area contributed by atoms with Crippen LogP contribution in [0.4, 0.5) is 11.6 Å². The van der Waals surface area contributed by atoms with Crippen LogP contribution < -0.4 is 5.32 Å². The van der Waals surface area contributed by atoms with Crippen molar-refractivity contribution in [2.75, 3.05) is 18.9 Å². The van der Waals surface area contributed by atoms with Gasteiger partial charge < -0.3 is 15.3 Å². The summed E-state index contributed by atoms with van der Waals surface area (Å²) in [6, 6.07) is 8.17. The zero-order chi connectivity index (χ0) is 20.1. The number of thiazole rings is 1. The Morgan fingerprint density at radius 2 is 1.93 bits per heavy atom. The maximum atomic E-state index is 9.42. The number of nitrogens with zero attached hydrogens (tertiary/aromatic N) is 4. The van der Waals surface area contributed by atoms with Crippen molar-refractivity contribution < 1.29 is 5.11 Å². The van der Waals surface area contributed by atoms with Gasteiger partial charge in [-0.15, -0.1) is 11.3 Å². The van der Waals surface area contributed by atoms with Crippen LogP contribution in [-0.4, -0.2) is 44.7 Å². The first-order chi connectivity index (χ1) is 13.4. The molecule has 0 amide bonds. The number of aryl methyl sites for hydroxylation is 2. The van der Waals surface area contributed by atoms with E-state index in [0.717, 1.165) is 41.6 Å². The van der Waals surface area contributed by atoms with Gasteiger partial charge in [0, 0.05) is 30.4 Å². The third-order valence-corrected chi connectivity index (χ3v) is 5.18. The molecule has 0 spiro atoms. The van der Waals surface area contributed by atoms with E-state index in [1.807, 2.05) is 20.0 Å². The maximum absolute atomic E-state index is 9.42. The van der Waals surface area contributed by atoms with Gasteiger partial charge in [0.15, 0.2) is 0 Å². The van der Waals surface area contributed by atoms with E-state index < -0.39 is 0 Å². The van der Waals surface area contributed by atoms with E-state index in [4.69, 9.17) is 4.98 Å². The van der Waals surface area contributed by atoms with Crippen LogP contribution >= 0.6 is 11.3 Å². The fourth-order valence-electron chi connectivity index (χ4n) is 2.97. The molecule has 148 valence electrons. The summed E-state index contributed by atoms with van der Waals surface area (Å²) >= 11 is 1.58. The van der Waals surface area contributed by atoms with E-state index in [0.29, 0.717) is 5.95 Å². The molecule has 1 atom stereocenters. The lowest BCUT2D eigenvalue weighted by Gasteiger charge is -2.15. The molecule has 2 heterocycles. The molecular formula is C21H27N5OS. The van der Waals surface area contributed by atoms with Gasteiger partial charge in [-0.1, -0.05) is 6.07 Å². The van der Waals surface area contributed by atoms with Crippen molar-refractivity contribution in [3.63, 3.8) is 0 Å². The number of rotatable bonds is 8. The number of aliphatic hydroxyl groups excluding tert-OH is 1. The maximum Gasteiger partial charge on any atom is 0.227 e. The smallest absolute Gasteiger partial charge is 0.227 e. The van der Waals surface area contributed by atoms with Crippen LogP contribution in [0, 0.1) is 13.8 Å². The van der Waals surface area contributed by atoms with E-state index in [1.165, 1.54) is 11.1 Å². The summed E-state index contributed by atoms with van der Waals surface area (Å²) < 4.78 is 0. The number of nitrogens with one attached hydrogen (secondary N) is 1. The van der Waals surface area contributed by atoms with E-state index in [9.17, 15) is 5.11 Å². The summed E-state index contributed by atoms with van der Waals surface area (Å²) in [6.07, 6.45) is 2.23. The van der Waals surface area contributed by atoms with Gasteiger partial charge >= 0.3 is 0 Å². The van der Waals surface area contributed by atoms with Crippen LogP contribution in [0.5, 0.6) is 0 Å². The van der Waals surface area contributed by atoms with Crippen molar-refractivity contribution in [1.82, 2.24) is 19.9 Å². The molecule has 0 fully saturated rings. The monoisotopic (exact) mass is 397 g/mol. The first-order valence-electron chi connectivity index (χ1n) is 9.39.